The van der Waals surface area contributed by atoms with E-state index in [0.29, 0.717) is 5.92 Å². The molecule has 0 bridgehead atoms. The predicted molar refractivity (Wildman–Crippen MR) is 65.4 cm³/mol. The normalized spacial score (nSPS) is 20.2. The molecule has 0 aliphatic carbocycles. The highest BCUT2D eigenvalue weighted by atomic mass is 16.2. The summed E-state index contributed by atoms with van der Waals surface area (Å²) < 4.78 is 0. The molecule has 2 rings (SSSR count). The van der Waals surface area contributed by atoms with Crippen molar-refractivity contribution in [1.82, 2.24) is 5.32 Å². The minimum Gasteiger partial charge on any atom is -0.356 e. The second-order valence-corrected chi connectivity index (χ2v) is 4.88. The number of rotatable bonds is 3. The lowest BCUT2D eigenvalue weighted by Crippen LogP contribution is -2.20. The minimum absolute atomic E-state index is 0.185. The quantitative estimate of drug-likeness (QED) is 0.828. The van der Waals surface area contributed by atoms with Crippen LogP contribution in [0.2, 0.25) is 0 Å². The molecule has 1 aliphatic rings. The summed E-state index contributed by atoms with van der Waals surface area (Å²) >= 11 is 0. The zero-order valence-electron chi connectivity index (χ0n) is 9.99. The summed E-state index contributed by atoms with van der Waals surface area (Å²) in [5, 5.41) is 2.88. The average Bonchev–Trinajstić information content (AvgIpc) is 2.65. The Hall–Kier alpha value is -1.31. The van der Waals surface area contributed by atoms with Crippen LogP contribution < -0.4 is 5.32 Å². The van der Waals surface area contributed by atoms with Gasteiger partial charge in [0.2, 0.25) is 5.91 Å². The Morgan fingerprint density at radius 3 is 2.50 bits per heavy atom. The standard InChI is InChI=1S/C14H19NO/c1-10(2)12-5-3-11(4-6-12)9-13-7-8-15-14(13)16/h3-6,10,13H,7-9H2,1-2H3,(H,15,16). The van der Waals surface area contributed by atoms with Gasteiger partial charge >= 0.3 is 0 Å². The Labute approximate surface area is 97.1 Å². The van der Waals surface area contributed by atoms with Gasteiger partial charge in [0.1, 0.15) is 0 Å². The number of carbonyl (C=O) groups is 1. The number of carbonyl (C=O) groups excluding carboxylic acids is 1. The molecular weight excluding hydrogens is 198 g/mol. The van der Waals surface area contributed by atoms with Crippen LogP contribution in [0.3, 0.4) is 0 Å². The smallest absolute Gasteiger partial charge is 0.223 e. The van der Waals surface area contributed by atoms with Crippen molar-refractivity contribution < 1.29 is 4.79 Å². The van der Waals surface area contributed by atoms with E-state index in [2.05, 4.69) is 43.4 Å². The monoisotopic (exact) mass is 217 g/mol. The van der Waals surface area contributed by atoms with Gasteiger partial charge in [-0.05, 0) is 29.9 Å². The third kappa shape index (κ3) is 2.43. The van der Waals surface area contributed by atoms with E-state index < -0.39 is 0 Å². The van der Waals surface area contributed by atoms with Crippen molar-refractivity contribution in [3.8, 4) is 0 Å². The lowest BCUT2D eigenvalue weighted by Gasteiger charge is -2.09. The summed E-state index contributed by atoms with van der Waals surface area (Å²) in [7, 11) is 0. The van der Waals surface area contributed by atoms with Crippen molar-refractivity contribution in [2.45, 2.75) is 32.6 Å². The van der Waals surface area contributed by atoms with Crippen LogP contribution in [0.4, 0.5) is 0 Å². The van der Waals surface area contributed by atoms with Crippen LogP contribution in [0.5, 0.6) is 0 Å². The highest BCUT2D eigenvalue weighted by Crippen LogP contribution is 2.19. The molecule has 1 aromatic carbocycles. The third-order valence-electron chi connectivity index (χ3n) is 3.29. The Bertz CT molecular complexity index is 367. The van der Waals surface area contributed by atoms with E-state index >= 15 is 0 Å². The first-order valence-corrected chi connectivity index (χ1v) is 6.03. The molecule has 86 valence electrons. The molecule has 1 aliphatic heterocycles. The largest absolute Gasteiger partial charge is 0.356 e. The molecule has 2 nitrogen and oxygen atoms in total. The van der Waals surface area contributed by atoms with Gasteiger partial charge in [0.05, 0.1) is 0 Å². The summed E-state index contributed by atoms with van der Waals surface area (Å²) in [6.07, 6.45) is 1.86. The summed E-state index contributed by atoms with van der Waals surface area (Å²) in [5.41, 5.74) is 2.63. The van der Waals surface area contributed by atoms with Crippen LogP contribution in [-0.4, -0.2) is 12.5 Å². The summed E-state index contributed by atoms with van der Waals surface area (Å²) in [6.45, 7) is 5.23. The lowest BCUT2D eigenvalue weighted by atomic mass is 9.95. The van der Waals surface area contributed by atoms with E-state index in [1.807, 2.05) is 0 Å². The number of hydrogen-bond acceptors (Lipinski definition) is 1. The molecule has 1 saturated heterocycles. The molecule has 1 heterocycles. The van der Waals surface area contributed by atoms with Crippen LogP contribution in [0.15, 0.2) is 24.3 Å². The van der Waals surface area contributed by atoms with Crippen LogP contribution in [-0.2, 0) is 11.2 Å². The van der Waals surface area contributed by atoms with Crippen molar-refractivity contribution in [1.29, 1.82) is 0 Å². The van der Waals surface area contributed by atoms with Crippen molar-refractivity contribution in [3.63, 3.8) is 0 Å². The van der Waals surface area contributed by atoms with Crippen LogP contribution >= 0.6 is 0 Å². The molecule has 1 N–H and O–H groups in total. The number of hydrogen-bond donors (Lipinski definition) is 1. The fourth-order valence-corrected chi connectivity index (χ4v) is 2.16. The maximum absolute atomic E-state index is 11.4. The molecule has 0 spiro atoms. The molecule has 16 heavy (non-hydrogen) atoms. The molecule has 2 heteroatoms. The van der Waals surface area contributed by atoms with Gasteiger partial charge in [-0.1, -0.05) is 38.1 Å². The van der Waals surface area contributed by atoms with Crippen molar-refractivity contribution in [2.75, 3.05) is 6.54 Å². The Kier molecular flexibility index (Phi) is 3.28. The Balaban J connectivity index is 2.02. The number of nitrogens with one attached hydrogen (secondary N) is 1. The molecule has 0 radical (unpaired) electrons. The third-order valence-corrected chi connectivity index (χ3v) is 3.29. The highest BCUT2D eigenvalue weighted by molar-refractivity contribution is 5.80. The van der Waals surface area contributed by atoms with Crippen molar-refractivity contribution >= 4 is 5.91 Å². The first-order chi connectivity index (χ1) is 7.66. The summed E-state index contributed by atoms with van der Waals surface area (Å²) in [6, 6.07) is 8.65. The van der Waals surface area contributed by atoms with E-state index in [0.717, 1.165) is 19.4 Å². The SMILES string of the molecule is CC(C)c1ccc(CC2CCNC2=O)cc1. The Morgan fingerprint density at radius 1 is 1.31 bits per heavy atom. The maximum Gasteiger partial charge on any atom is 0.223 e. The van der Waals surface area contributed by atoms with Gasteiger partial charge in [-0.3, -0.25) is 4.79 Å². The summed E-state index contributed by atoms with van der Waals surface area (Å²) in [4.78, 5) is 11.4. The van der Waals surface area contributed by atoms with E-state index in [4.69, 9.17) is 0 Å². The van der Waals surface area contributed by atoms with E-state index in [9.17, 15) is 4.79 Å². The molecule has 0 aromatic heterocycles. The van der Waals surface area contributed by atoms with Gasteiger partial charge in [0.25, 0.3) is 0 Å². The van der Waals surface area contributed by atoms with Gasteiger partial charge in [0, 0.05) is 12.5 Å². The van der Waals surface area contributed by atoms with Crippen LogP contribution in [0.1, 0.15) is 37.3 Å². The lowest BCUT2D eigenvalue weighted by molar-refractivity contribution is -0.122. The molecule has 1 amide bonds. The minimum atomic E-state index is 0.185. The second-order valence-electron chi connectivity index (χ2n) is 4.88. The Morgan fingerprint density at radius 2 is 2.00 bits per heavy atom. The maximum atomic E-state index is 11.4. The fraction of sp³-hybridized carbons (Fsp3) is 0.500. The summed E-state index contributed by atoms with van der Waals surface area (Å²) in [5.74, 6) is 0.974. The molecule has 1 atom stereocenters. The topological polar surface area (TPSA) is 29.1 Å². The molecule has 1 aromatic rings. The molecular formula is C14H19NO. The van der Waals surface area contributed by atoms with Gasteiger partial charge in [-0.25, -0.2) is 0 Å². The van der Waals surface area contributed by atoms with E-state index in [1.54, 1.807) is 0 Å². The zero-order chi connectivity index (χ0) is 11.5. The van der Waals surface area contributed by atoms with Crippen LogP contribution in [0, 0.1) is 5.92 Å². The fourth-order valence-electron chi connectivity index (χ4n) is 2.16. The predicted octanol–water partition coefficient (Wildman–Crippen LogP) is 2.49. The van der Waals surface area contributed by atoms with Gasteiger partial charge < -0.3 is 5.32 Å². The van der Waals surface area contributed by atoms with Crippen molar-refractivity contribution in [2.24, 2.45) is 5.92 Å². The number of benzene rings is 1. The van der Waals surface area contributed by atoms with Crippen molar-refractivity contribution in [3.05, 3.63) is 35.4 Å². The average molecular weight is 217 g/mol. The van der Waals surface area contributed by atoms with E-state index in [1.165, 1.54) is 11.1 Å². The first-order valence-electron chi connectivity index (χ1n) is 6.03. The first kappa shape index (κ1) is 11.2. The number of amides is 1. The van der Waals surface area contributed by atoms with Gasteiger partial charge in [-0.2, -0.15) is 0 Å². The van der Waals surface area contributed by atoms with Gasteiger partial charge in [0.15, 0.2) is 0 Å². The zero-order valence-corrected chi connectivity index (χ0v) is 9.99. The molecule has 1 fully saturated rings. The molecule has 1 unspecified atom stereocenters. The molecule has 0 saturated carbocycles. The van der Waals surface area contributed by atoms with E-state index in [-0.39, 0.29) is 11.8 Å². The van der Waals surface area contributed by atoms with Gasteiger partial charge in [-0.15, -0.1) is 0 Å². The highest BCUT2D eigenvalue weighted by Gasteiger charge is 2.23. The second kappa shape index (κ2) is 4.69. The van der Waals surface area contributed by atoms with Crippen LogP contribution in [0.25, 0.3) is 0 Å².